The number of carbonyl (C=O) groups excluding carboxylic acids is 1. The normalized spacial score (nSPS) is 30.9. The van der Waals surface area contributed by atoms with Gasteiger partial charge < -0.3 is 20.3 Å². The second kappa shape index (κ2) is 5.94. The van der Waals surface area contributed by atoms with E-state index in [1.54, 1.807) is 7.11 Å². The van der Waals surface area contributed by atoms with E-state index < -0.39 is 0 Å². The third kappa shape index (κ3) is 2.39. The average molecular weight is 298 g/mol. The number of hydrogen-bond acceptors (Lipinski definition) is 4. The predicted molar refractivity (Wildman–Crippen MR) is 51.4 cm³/mol. The van der Waals surface area contributed by atoms with E-state index in [4.69, 9.17) is 14.2 Å². The Bertz CT molecular complexity index is 324. The van der Waals surface area contributed by atoms with Crippen molar-refractivity contribution in [1.29, 1.82) is 0 Å². The van der Waals surface area contributed by atoms with Crippen LogP contribution in [0.3, 0.4) is 0 Å². The van der Waals surface area contributed by atoms with Crippen LogP contribution in [-0.2, 0) is 51.7 Å². The molecule has 2 aliphatic rings. The first-order chi connectivity index (χ1) is 7.27. The number of fused-ring (bicyclic) bond motifs is 1. The molecule has 0 saturated carbocycles. The molecule has 0 aromatic rings. The fourth-order valence-electron chi connectivity index (χ4n) is 2.01. The molecule has 0 aromatic heterocycles. The minimum Gasteiger partial charge on any atom is -0.491 e. The fourth-order valence-corrected chi connectivity index (χ4v) is 2.01. The maximum Gasteiger partial charge on any atom is 0.337 e. The summed E-state index contributed by atoms with van der Waals surface area (Å²) in [5.41, 5.74) is 0.567. The Balaban J connectivity index is 0.00000128. The van der Waals surface area contributed by atoms with Crippen molar-refractivity contribution >= 4 is 5.97 Å². The second-order valence-electron chi connectivity index (χ2n) is 3.54. The van der Waals surface area contributed by atoms with Crippen LogP contribution in [0.15, 0.2) is 17.9 Å². The molecule has 1 aliphatic heterocycles. The molecule has 85 valence electrons. The molecular weight excluding hydrogens is 285 g/mol. The third-order valence-electron chi connectivity index (χ3n) is 2.79. The van der Waals surface area contributed by atoms with Crippen LogP contribution in [0, 0.1) is 17.9 Å². The summed E-state index contributed by atoms with van der Waals surface area (Å²) in [4.78, 5) is 11.5. The van der Waals surface area contributed by atoms with E-state index in [-0.39, 0.29) is 56.8 Å². The zero-order valence-electron chi connectivity index (χ0n) is 9.30. The van der Waals surface area contributed by atoms with Crippen LogP contribution >= 0.6 is 0 Å². The minimum atomic E-state index is -0.345. The van der Waals surface area contributed by atoms with Crippen molar-refractivity contribution in [2.75, 3.05) is 14.2 Å². The van der Waals surface area contributed by atoms with E-state index in [9.17, 15) is 4.79 Å². The van der Waals surface area contributed by atoms with Crippen LogP contribution in [-0.4, -0.2) is 26.5 Å². The molecule has 1 heterocycles. The molecule has 0 amide bonds. The summed E-state index contributed by atoms with van der Waals surface area (Å²) in [6.07, 6.45) is 6.96. The zero-order valence-corrected chi connectivity index (χ0v) is 12.1. The monoisotopic (exact) mass is 298 g/mol. The van der Waals surface area contributed by atoms with Crippen LogP contribution in [0.25, 0.3) is 0 Å². The van der Waals surface area contributed by atoms with Crippen molar-refractivity contribution in [3.8, 4) is 0 Å². The molecule has 3 unspecified atom stereocenters. The Labute approximate surface area is 120 Å². The maximum absolute atomic E-state index is 11.5. The molecule has 0 aromatic carbocycles. The molecule has 0 saturated heterocycles. The smallest absolute Gasteiger partial charge is 0.337 e. The van der Waals surface area contributed by atoms with Gasteiger partial charge in [-0.3, -0.25) is 6.08 Å². The van der Waals surface area contributed by atoms with Crippen molar-refractivity contribution < 1.29 is 51.7 Å². The molecule has 0 bridgehead atoms. The van der Waals surface area contributed by atoms with E-state index in [2.05, 4.69) is 6.08 Å². The SMILES string of the molecule is COC(=O)C1=COC(OC)C2[C-]=CCC12.[Y]. The first-order valence-electron chi connectivity index (χ1n) is 4.82. The standard InChI is InChI=1S/C11H13O4.Y/c1-13-10(12)9-6-15-11(14-2)8-5-3-4-7(8)9;/h3,6-8,11H,4H2,1-2H3;/q-1;. The van der Waals surface area contributed by atoms with Gasteiger partial charge in [0.25, 0.3) is 0 Å². The van der Waals surface area contributed by atoms with E-state index >= 15 is 0 Å². The quantitative estimate of drug-likeness (QED) is 0.564. The van der Waals surface area contributed by atoms with Gasteiger partial charge in [0.15, 0.2) is 6.29 Å². The van der Waals surface area contributed by atoms with Gasteiger partial charge >= 0.3 is 5.97 Å². The van der Waals surface area contributed by atoms with Crippen molar-refractivity contribution in [2.45, 2.75) is 12.7 Å². The minimum absolute atomic E-state index is 0. The Kier molecular flexibility index (Phi) is 5.15. The predicted octanol–water partition coefficient (Wildman–Crippen LogP) is 1.04. The Hall–Kier alpha value is -0.186. The van der Waals surface area contributed by atoms with Crippen molar-refractivity contribution in [2.24, 2.45) is 11.8 Å². The van der Waals surface area contributed by atoms with Crippen LogP contribution in [0.5, 0.6) is 0 Å². The summed E-state index contributed by atoms with van der Waals surface area (Å²) in [5.74, 6) is -0.262. The number of methoxy groups -OCH3 is 2. The Morgan fingerprint density at radius 1 is 1.56 bits per heavy atom. The van der Waals surface area contributed by atoms with Crippen LogP contribution in [0.2, 0.25) is 0 Å². The first-order valence-corrected chi connectivity index (χ1v) is 4.82. The molecule has 5 heteroatoms. The van der Waals surface area contributed by atoms with Crippen LogP contribution in [0.4, 0.5) is 0 Å². The summed E-state index contributed by atoms with van der Waals surface area (Å²) in [6, 6.07) is 0. The topological polar surface area (TPSA) is 44.8 Å². The van der Waals surface area contributed by atoms with Gasteiger partial charge in [-0.2, -0.15) is 0 Å². The fraction of sp³-hybridized carbons (Fsp3) is 0.545. The number of carbonyl (C=O) groups is 1. The first kappa shape index (κ1) is 13.9. The van der Waals surface area contributed by atoms with Gasteiger partial charge in [0.2, 0.25) is 0 Å². The molecule has 0 N–H and O–H groups in total. The van der Waals surface area contributed by atoms with Crippen molar-refractivity contribution in [3.63, 3.8) is 0 Å². The van der Waals surface area contributed by atoms with Gasteiger partial charge in [-0.1, -0.05) is 6.42 Å². The number of rotatable bonds is 2. The summed E-state index contributed by atoms with van der Waals surface area (Å²) >= 11 is 0. The molecule has 4 nitrogen and oxygen atoms in total. The summed E-state index contributed by atoms with van der Waals surface area (Å²) in [6.45, 7) is 0. The van der Waals surface area contributed by atoms with E-state index in [1.165, 1.54) is 13.4 Å². The summed E-state index contributed by atoms with van der Waals surface area (Å²) < 4.78 is 15.2. The molecule has 3 atom stereocenters. The van der Waals surface area contributed by atoms with Gasteiger partial charge in [0, 0.05) is 39.8 Å². The number of ether oxygens (including phenoxy) is 3. The van der Waals surface area contributed by atoms with Crippen molar-refractivity contribution in [1.82, 2.24) is 0 Å². The van der Waals surface area contributed by atoms with Gasteiger partial charge in [-0.15, -0.1) is 5.92 Å². The van der Waals surface area contributed by atoms with Crippen LogP contribution in [0.1, 0.15) is 6.42 Å². The van der Waals surface area contributed by atoms with Gasteiger partial charge in [-0.05, 0) is 5.92 Å². The average Bonchev–Trinajstić information content (AvgIpc) is 2.75. The van der Waals surface area contributed by atoms with Gasteiger partial charge in [0.05, 0.1) is 18.9 Å². The Morgan fingerprint density at radius 3 is 2.94 bits per heavy atom. The van der Waals surface area contributed by atoms with Crippen LogP contribution < -0.4 is 0 Å². The molecule has 0 fully saturated rings. The molecule has 1 aliphatic carbocycles. The number of hydrogen-bond donors (Lipinski definition) is 0. The number of allylic oxidation sites excluding steroid dienone is 1. The maximum atomic E-state index is 11.5. The van der Waals surface area contributed by atoms with E-state index in [0.29, 0.717) is 5.57 Å². The Morgan fingerprint density at radius 2 is 2.31 bits per heavy atom. The molecule has 16 heavy (non-hydrogen) atoms. The zero-order chi connectivity index (χ0) is 10.8. The van der Waals surface area contributed by atoms with E-state index in [0.717, 1.165) is 6.42 Å². The summed E-state index contributed by atoms with van der Waals surface area (Å²) in [5, 5.41) is 0. The van der Waals surface area contributed by atoms with Gasteiger partial charge in [-0.25, -0.2) is 4.79 Å². The summed E-state index contributed by atoms with van der Waals surface area (Å²) in [7, 11) is 2.95. The third-order valence-corrected chi connectivity index (χ3v) is 2.79. The van der Waals surface area contributed by atoms with Crippen molar-refractivity contribution in [3.05, 3.63) is 24.0 Å². The molecule has 0 spiro atoms. The largest absolute Gasteiger partial charge is 0.491 e. The molecule has 2 rings (SSSR count). The van der Waals surface area contributed by atoms with Gasteiger partial charge in [0.1, 0.15) is 0 Å². The molecular formula is C11H13O4Y-. The molecule has 1 radical (unpaired) electrons. The van der Waals surface area contributed by atoms with E-state index in [1.807, 2.05) is 6.08 Å². The second-order valence-corrected chi connectivity index (χ2v) is 3.54. The number of esters is 1.